The Morgan fingerprint density at radius 2 is 1.71 bits per heavy atom. The first-order valence-corrected chi connectivity index (χ1v) is 5.71. The Balaban J connectivity index is 3.55. The molecule has 14 heavy (non-hydrogen) atoms. The highest BCUT2D eigenvalue weighted by Crippen LogP contribution is 2.00. The molecule has 0 aliphatic carbocycles. The predicted molar refractivity (Wildman–Crippen MR) is 60.1 cm³/mol. The smallest absolute Gasteiger partial charge is 0.217 e. The third-order valence-corrected chi connectivity index (χ3v) is 2.27. The van der Waals surface area contributed by atoms with Gasteiger partial charge in [0, 0.05) is 6.42 Å². The van der Waals surface area contributed by atoms with Crippen LogP contribution in [-0.4, -0.2) is 30.4 Å². The standard InChI is InChI=1S/C11H24N2O/c1-3-5-9-13(8-4-2)10-6-7-11(12)14/h3-10H2,1-2H3,(H2,12,14). The summed E-state index contributed by atoms with van der Waals surface area (Å²) in [5.74, 6) is -0.183. The van der Waals surface area contributed by atoms with Gasteiger partial charge in [-0.05, 0) is 38.9 Å². The van der Waals surface area contributed by atoms with Crippen molar-refractivity contribution in [2.45, 2.75) is 46.0 Å². The maximum Gasteiger partial charge on any atom is 0.217 e. The minimum Gasteiger partial charge on any atom is -0.370 e. The Hall–Kier alpha value is -0.570. The van der Waals surface area contributed by atoms with Gasteiger partial charge in [-0.2, -0.15) is 0 Å². The number of unbranched alkanes of at least 4 members (excludes halogenated alkanes) is 1. The van der Waals surface area contributed by atoms with Crippen molar-refractivity contribution in [3.05, 3.63) is 0 Å². The second kappa shape index (κ2) is 9.00. The monoisotopic (exact) mass is 200 g/mol. The number of primary amides is 1. The lowest BCUT2D eigenvalue weighted by Crippen LogP contribution is -2.27. The Labute approximate surface area is 87.6 Å². The molecule has 2 N–H and O–H groups in total. The molecule has 0 aliphatic rings. The van der Waals surface area contributed by atoms with Crippen molar-refractivity contribution in [1.82, 2.24) is 4.90 Å². The summed E-state index contributed by atoms with van der Waals surface area (Å²) in [6.07, 6.45) is 5.08. The molecule has 0 saturated carbocycles. The zero-order valence-corrected chi connectivity index (χ0v) is 9.59. The van der Waals surface area contributed by atoms with Gasteiger partial charge < -0.3 is 10.6 Å². The van der Waals surface area contributed by atoms with Crippen molar-refractivity contribution in [2.75, 3.05) is 19.6 Å². The average Bonchev–Trinajstić information content (AvgIpc) is 2.13. The van der Waals surface area contributed by atoms with Crippen LogP contribution in [0.15, 0.2) is 0 Å². The zero-order chi connectivity index (χ0) is 10.8. The molecule has 84 valence electrons. The number of rotatable bonds is 9. The Morgan fingerprint density at radius 3 is 2.21 bits per heavy atom. The Kier molecular flexibility index (Phi) is 8.64. The summed E-state index contributed by atoms with van der Waals surface area (Å²) in [5.41, 5.74) is 5.10. The molecule has 0 bridgehead atoms. The Morgan fingerprint density at radius 1 is 1.07 bits per heavy atom. The van der Waals surface area contributed by atoms with Gasteiger partial charge >= 0.3 is 0 Å². The molecule has 0 rings (SSSR count). The van der Waals surface area contributed by atoms with Gasteiger partial charge in [-0.25, -0.2) is 0 Å². The van der Waals surface area contributed by atoms with Crippen LogP contribution in [-0.2, 0) is 4.79 Å². The summed E-state index contributed by atoms with van der Waals surface area (Å²) in [4.78, 5) is 13.0. The fourth-order valence-corrected chi connectivity index (χ4v) is 1.51. The van der Waals surface area contributed by atoms with Crippen molar-refractivity contribution >= 4 is 5.91 Å². The van der Waals surface area contributed by atoms with Crippen molar-refractivity contribution in [3.63, 3.8) is 0 Å². The van der Waals surface area contributed by atoms with Gasteiger partial charge in [-0.1, -0.05) is 20.3 Å². The van der Waals surface area contributed by atoms with Crippen LogP contribution in [0.4, 0.5) is 0 Å². The highest BCUT2D eigenvalue weighted by Gasteiger charge is 2.03. The fourth-order valence-electron chi connectivity index (χ4n) is 1.51. The molecule has 0 heterocycles. The van der Waals surface area contributed by atoms with Crippen LogP contribution in [0.2, 0.25) is 0 Å². The van der Waals surface area contributed by atoms with Crippen LogP contribution in [0.3, 0.4) is 0 Å². The SMILES string of the molecule is CCCCN(CCC)CCCC(N)=O. The summed E-state index contributed by atoms with van der Waals surface area (Å²) >= 11 is 0. The molecule has 0 radical (unpaired) electrons. The molecule has 0 aromatic heterocycles. The van der Waals surface area contributed by atoms with E-state index < -0.39 is 0 Å². The number of carbonyl (C=O) groups is 1. The average molecular weight is 200 g/mol. The molecular weight excluding hydrogens is 176 g/mol. The lowest BCUT2D eigenvalue weighted by molar-refractivity contribution is -0.118. The van der Waals surface area contributed by atoms with Gasteiger partial charge in [0.15, 0.2) is 0 Å². The van der Waals surface area contributed by atoms with E-state index in [1.807, 2.05) is 0 Å². The number of nitrogens with two attached hydrogens (primary N) is 1. The third kappa shape index (κ3) is 8.05. The van der Waals surface area contributed by atoms with E-state index in [1.165, 1.54) is 19.3 Å². The first-order chi connectivity index (χ1) is 6.70. The second-order valence-electron chi connectivity index (χ2n) is 3.77. The first-order valence-electron chi connectivity index (χ1n) is 5.71. The minimum absolute atomic E-state index is 0.183. The van der Waals surface area contributed by atoms with Crippen molar-refractivity contribution in [1.29, 1.82) is 0 Å². The van der Waals surface area contributed by atoms with Gasteiger partial charge in [-0.3, -0.25) is 4.79 Å². The van der Waals surface area contributed by atoms with Crippen molar-refractivity contribution in [2.24, 2.45) is 5.73 Å². The molecule has 0 aliphatic heterocycles. The molecule has 1 amide bonds. The van der Waals surface area contributed by atoms with Crippen molar-refractivity contribution < 1.29 is 4.79 Å². The highest BCUT2D eigenvalue weighted by atomic mass is 16.1. The largest absolute Gasteiger partial charge is 0.370 e. The van der Waals surface area contributed by atoms with Crippen molar-refractivity contribution in [3.8, 4) is 0 Å². The molecule has 0 fully saturated rings. The van der Waals surface area contributed by atoms with Crippen LogP contribution >= 0.6 is 0 Å². The highest BCUT2D eigenvalue weighted by molar-refractivity contribution is 5.73. The summed E-state index contributed by atoms with van der Waals surface area (Å²) in [6, 6.07) is 0. The van der Waals surface area contributed by atoms with E-state index in [2.05, 4.69) is 18.7 Å². The summed E-state index contributed by atoms with van der Waals surface area (Å²) in [7, 11) is 0. The number of nitrogens with zero attached hydrogens (tertiary/aromatic N) is 1. The topological polar surface area (TPSA) is 46.3 Å². The zero-order valence-electron chi connectivity index (χ0n) is 9.59. The van der Waals surface area contributed by atoms with Gasteiger partial charge in [0.1, 0.15) is 0 Å². The minimum atomic E-state index is -0.183. The molecule has 0 atom stereocenters. The summed E-state index contributed by atoms with van der Waals surface area (Å²) in [5, 5.41) is 0. The molecule has 0 aromatic rings. The normalized spacial score (nSPS) is 10.8. The van der Waals surface area contributed by atoms with E-state index in [0.29, 0.717) is 6.42 Å². The van der Waals surface area contributed by atoms with E-state index in [4.69, 9.17) is 5.73 Å². The summed E-state index contributed by atoms with van der Waals surface area (Å²) in [6.45, 7) is 7.69. The predicted octanol–water partition coefficient (Wildman–Crippen LogP) is 1.76. The van der Waals surface area contributed by atoms with E-state index in [-0.39, 0.29) is 5.91 Å². The molecule has 0 spiro atoms. The van der Waals surface area contributed by atoms with E-state index in [0.717, 1.165) is 26.1 Å². The van der Waals surface area contributed by atoms with Crippen LogP contribution in [0, 0.1) is 0 Å². The van der Waals surface area contributed by atoms with Gasteiger partial charge in [0.25, 0.3) is 0 Å². The Bertz CT molecular complexity index is 148. The quantitative estimate of drug-likeness (QED) is 0.616. The third-order valence-electron chi connectivity index (χ3n) is 2.27. The molecule has 0 aromatic carbocycles. The maximum atomic E-state index is 10.6. The van der Waals surface area contributed by atoms with E-state index in [1.54, 1.807) is 0 Å². The van der Waals surface area contributed by atoms with Crippen LogP contribution in [0.25, 0.3) is 0 Å². The van der Waals surface area contributed by atoms with Gasteiger partial charge in [-0.15, -0.1) is 0 Å². The van der Waals surface area contributed by atoms with Gasteiger partial charge in [0.05, 0.1) is 0 Å². The van der Waals surface area contributed by atoms with Crippen LogP contribution in [0.5, 0.6) is 0 Å². The van der Waals surface area contributed by atoms with Crippen LogP contribution in [0.1, 0.15) is 46.0 Å². The summed E-state index contributed by atoms with van der Waals surface area (Å²) < 4.78 is 0. The second-order valence-corrected chi connectivity index (χ2v) is 3.77. The van der Waals surface area contributed by atoms with E-state index >= 15 is 0 Å². The number of hydrogen-bond acceptors (Lipinski definition) is 2. The molecule has 3 nitrogen and oxygen atoms in total. The number of hydrogen-bond donors (Lipinski definition) is 1. The lowest BCUT2D eigenvalue weighted by Gasteiger charge is -2.20. The van der Waals surface area contributed by atoms with E-state index in [9.17, 15) is 4.79 Å². The number of amides is 1. The van der Waals surface area contributed by atoms with Gasteiger partial charge in [0.2, 0.25) is 5.91 Å². The molecule has 0 saturated heterocycles. The molecular formula is C11H24N2O. The van der Waals surface area contributed by atoms with Crippen LogP contribution < -0.4 is 5.73 Å². The molecule has 0 unspecified atom stereocenters. The maximum absolute atomic E-state index is 10.6. The number of carbonyl (C=O) groups excluding carboxylic acids is 1. The molecule has 3 heteroatoms. The first kappa shape index (κ1) is 13.4. The fraction of sp³-hybridized carbons (Fsp3) is 0.909. The lowest BCUT2D eigenvalue weighted by atomic mass is 10.2.